The Labute approximate surface area is 135 Å². The maximum Gasteiger partial charge on any atom is 0.367 e. The molecule has 0 spiro atoms. The Kier molecular flexibility index (Phi) is 5.76. The smallest absolute Gasteiger partial charge is 0.367 e. The van der Waals surface area contributed by atoms with E-state index in [1.165, 1.54) is 11.8 Å². The van der Waals surface area contributed by atoms with Crippen molar-refractivity contribution in [2.24, 2.45) is 10.7 Å². The Morgan fingerprint density at radius 3 is 1.78 bits per heavy atom. The summed E-state index contributed by atoms with van der Waals surface area (Å²) < 4.78 is 24.6. The highest BCUT2D eigenvalue weighted by molar-refractivity contribution is 7.54. The molecule has 1 heterocycles. The largest absolute Gasteiger partial charge is 0.370 e. The molecule has 0 fully saturated rings. The fourth-order valence-electron chi connectivity index (χ4n) is 3.44. The van der Waals surface area contributed by atoms with Crippen molar-refractivity contribution in [1.82, 2.24) is 9.80 Å². The third-order valence-electron chi connectivity index (χ3n) is 4.38. The lowest BCUT2D eigenvalue weighted by atomic mass is 10.2. The predicted octanol–water partition coefficient (Wildman–Crippen LogP) is 0.441. The number of hydrogen-bond acceptors (Lipinski definition) is 6. The highest BCUT2D eigenvalue weighted by Crippen LogP contribution is 2.66. The van der Waals surface area contributed by atoms with Crippen molar-refractivity contribution in [3.63, 3.8) is 0 Å². The van der Waals surface area contributed by atoms with Gasteiger partial charge in [0.2, 0.25) is 10.8 Å². The minimum absolute atomic E-state index is 0.0226. The summed E-state index contributed by atoms with van der Waals surface area (Å²) in [5.41, 5.74) is 5.86. The average molecular weight is 372 g/mol. The van der Waals surface area contributed by atoms with Gasteiger partial charge < -0.3 is 30.2 Å². The van der Waals surface area contributed by atoms with E-state index in [0.29, 0.717) is 0 Å². The molecule has 10 nitrogen and oxygen atoms in total. The van der Waals surface area contributed by atoms with E-state index >= 15 is 0 Å². The van der Waals surface area contributed by atoms with Crippen LogP contribution in [0.15, 0.2) is 4.99 Å². The molecule has 6 N–H and O–H groups in total. The summed E-state index contributed by atoms with van der Waals surface area (Å²) in [7, 11) is -9.76. The van der Waals surface area contributed by atoms with E-state index in [0.717, 1.165) is 4.90 Å². The van der Waals surface area contributed by atoms with E-state index < -0.39 is 26.0 Å². The molecule has 1 rings (SSSR count). The first-order valence-electron chi connectivity index (χ1n) is 7.41. The molecule has 12 heteroatoms. The topological polar surface area (TPSA) is 160 Å². The quantitative estimate of drug-likeness (QED) is 0.417. The minimum Gasteiger partial charge on any atom is -0.370 e. The summed E-state index contributed by atoms with van der Waals surface area (Å²) in [5.74, 6) is -0.285. The fraction of sp³-hybridized carbons (Fsp3) is 0.909. The molecule has 23 heavy (non-hydrogen) atoms. The molecule has 0 aromatic carbocycles. The van der Waals surface area contributed by atoms with Crippen LogP contribution < -0.4 is 5.73 Å². The van der Waals surface area contributed by atoms with Crippen LogP contribution in [0.4, 0.5) is 0 Å². The van der Waals surface area contributed by atoms with Crippen molar-refractivity contribution in [3.05, 3.63) is 0 Å². The first-order valence-corrected chi connectivity index (χ1v) is 10.6. The van der Waals surface area contributed by atoms with Crippen molar-refractivity contribution >= 4 is 21.2 Å². The van der Waals surface area contributed by atoms with Gasteiger partial charge in [0.15, 0.2) is 5.96 Å². The van der Waals surface area contributed by atoms with Gasteiger partial charge in [-0.05, 0) is 19.8 Å². The molecule has 0 aromatic heterocycles. The van der Waals surface area contributed by atoms with Gasteiger partial charge >= 0.3 is 15.2 Å². The molecule has 0 radical (unpaired) electrons. The zero-order valence-electron chi connectivity index (χ0n) is 13.7. The zero-order valence-corrected chi connectivity index (χ0v) is 15.5. The highest BCUT2D eigenvalue weighted by Gasteiger charge is 2.67. The van der Waals surface area contributed by atoms with Crippen LogP contribution in [0, 0.1) is 0 Å². The maximum absolute atomic E-state index is 12.4. The Morgan fingerprint density at radius 1 is 1.00 bits per heavy atom. The van der Waals surface area contributed by atoms with Crippen LogP contribution in [-0.4, -0.2) is 59.2 Å². The van der Waals surface area contributed by atoms with E-state index in [1.54, 1.807) is 20.8 Å². The molecular weight excluding hydrogens is 346 g/mol. The Bertz CT molecular complexity index is 575. The second kappa shape index (κ2) is 6.44. The Hall–Kier alpha value is -0.470. The minimum atomic E-state index is -4.89. The van der Waals surface area contributed by atoms with E-state index in [-0.39, 0.29) is 31.9 Å². The van der Waals surface area contributed by atoms with Crippen molar-refractivity contribution in [1.29, 1.82) is 0 Å². The normalized spacial score (nSPS) is 30.4. The Balaban J connectivity index is 3.92. The molecule has 0 saturated heterocycles. The highest BCUT2D eigenvalue weighted by atomic mass is 31.2. The number of guanidine groups is 1. The van der Waals surface area contributed by atoms with Gasteiger partial charge in [-0.3, -0.25) is 9.13 Å². The molecule has 0 saturated carbocycles. The molecule has 0 amide bonds. The van der Waals surface area contributed by atoms with E-state index in [1.807, 2.05) is 0 Å². The summed E-state index contributed by atoms with van der Waals surface area (Å²) in [6.45, 7) is 6.37. The van der Waals surface area contributed by atoms with E-state index in [9.17, 15) is 28.7 Å². The second-order valence-corrected chi connectivity index (χ2v) is 8.91. The number of rotatable bonds is 6. The first-order chi connectivity index (χ1) is 10.4. The van der Waals surface area contributed by atoms with Gasteiger partial charge in [0.25, 0.3) is 0 Å². The van der Waals surface area contributed by atoms with Gasteiger partial charge in [0.05, 0.1) is 0 Å². The molecule has 0 aliphatic carbocycles. The second-order valence-electron chi connectivity index (χ2n) is 5.30. The van der Waals surface area contributed by atoms with Crippen LogP contribution in [0.3, 0.4) is 0 Å². The Morgan fingerprint density at radius 2 is 1.52 bits per heavy atom. The van der Waals surface area contributed by atoms with Gasteiger partial charge in [-0.1, -0.05) is 20.8 Å². The van der Waals surface area contributed by atoms with Gasteiger partial charge in [0, 0.05) is 13.1 Å². The summed E-state index contributed by atoms with van der Waals surface area (Å²) in [6.07, 6.45) is -0.234. The lowest BCUT2D eigenvalue weighted by Gasteiger charge is -2.58. The SMILES string of the molecule is CCN1C(N)=NC(CC)(P(=O)(O)O)N(CC)C1(CC)P(=O)(O)O. The summed E-state index contributed by atoms with van der Waals surface area (Å²) in [5, 5.41) is -4.06. The van der Waals surface area contributed by atoms with Gasteiger partial charge in [-0.2, -0.15) is 0 Å². The van der Waals surface area contributed by atoms with Crippen molar-refractivity contribution in [2.45, 2.75) is 51.3 Å². The standard InChI is InChI=1S/C11H26N4O6P2/c1-5-10(22(16,17)18)13-9(12)14(7-3)11(6-2,15(10)8-4)23(19,20)21/h5-8H2,1-4H3,(H2,12,13)(H2,16,17,18)(H2,19,20,21). The van der Waals surface area contributed by atoms with Crippen LogP contribution in [0.25, 0.3) is 0 Å². The van der Waals surface area contributed by atoms with Gasteiger partial charge in [-0.25, -0.2) is 9.89 Å². The van der Waals surface area contributed by atoms with Crippen LogP contribution >= 0.6 is 15.2 Å². The first kappa shape index (κ1) is 20.6. The molecule has 1 aliphatic heterocycles. The lowest BCUT2D eigenvalue weighted by molar-refractivity contribution is -0.0416. The van der Waals surface area contributed by atoms with Crippen molar-refractivity contribution in [3.8, 4) is 0 Å². The molecule has 136 valence electrons. The summed E-state index contributed by atoms with van der Waals surface area (Å²) in [6, 6.07) is 0. The number of aliphatic imine (C=N–C) groups is 1. The number of hydrogen-bond donors (Lipinski definition) is 5. The van der Waals surface area contributed by atoms with Crippen LogP contribution in [0.2, 0.25) is 0 Å². The molecule has 1 aliphatic rings. The van der Waals surface area contributed by atoms with Gasteiger partial charge in [0.1, 0.15) is 0 Å². The van der Waals surface area contributed by atoms with Crippen LogP contribution in [0.1, 0.15) is 40.5 Å². The number of nitrogens with zero attached hydrogens (tertiary/aromatic N) is 3. The molecule has 0 bridgehead atoms. The molecule has 0 aromatic rings. The van der Waals surface area contributed by atoms with Crippen molar-refractivity contribution < 1.29 is 28.7 Å². The molecule has 2 unspecified atom stereocenters. The third kappa shape index (κ3) is 2.76. The maximum atomic E-state index is 12.4. The predicted molar refractivity (Wildman–Crippen MR) is 86.5 cm³/mol. The molecule has 2 atom stereocenters. The fourth-order valence-corrected chi connectivity index (χ4v) is 6.38. The van der Waals surface area contributed by atoms with E-state index in [2.05, 4.69) is 4.99 Å². The summed E-state index contributed by atoms with van der Waals surface area (Å²) in [4.78, 5) is 46.3. The monoisotopic (exact) mass is 372 g/mol. The van der Waals surface area contributed by atoms with Gasteiger partial charge in [-0.15, -0.1) is 0 Å². The average Bonchev–Trinajstić information content (AvgIpc) is 2.42. The van der Waals surface area contributed by atoms with Crippen molar-refractivity contribution in [2.75, 3.05) is 13.1 Å². The van der Waals surface area contributed by atoms with Crippen LogP contribution in [-0.2, 0) is 9.13 Å². The molecular formula is C11H26N4O6P2. The van der Waals surface area contributed by atoms with Crippen LogP contribution in [0.5, 0.6) is 0 Å². The third-order valence-corrected chi connectivity index (χ3v) is 7.70. The summed E-state index contributed by atoms with van der Waals surface area (Å²) >= 11 is 0. The zero-order chi connectivity index (χ0) is 18.3. The van der Waals surface area contributed by atoms with E-state index in [4.69, 9.17) is 5.73 Å². The number of nitrogens with two attached hydrogens (primary N) is 1. The lowest BCUT2D eigenvalue weighted by Crippen LogP contribution is -2.72.